The van der Waals surface area contributed by atoms with Crippen LogP contribution < -0.4 is 9.03 Å². The molecule has 2 N–H and O–H groups in total. The number of aromatic hydroxyl groups is 1. The minimum Gasteiger partial charge on any atom is -0.506 e. The van der Waals surface area contributed by atoms with Crippen LogP contribution in [0.4, 0.5) is 10.1 Å². The van der Waals surface area contributed by atoms with Crippen molar-refractivity contribution in [2.45, 2.75) is 19.3 Å². The lowest BCUT2D eigenvalue weighted by atomic mass is 10.1. The number of nitrogens with one attached hydrogen (secondary N) is 1. The van der Waals surface area contributed by atoms with E-state index in [1.165, 1.54) is 25.0 Å². The van der Waals surface area contributed by atoms with E-state index < -0.39 is 39.9 Å². The molecule has 1 aromatic rings. The van der Waals surface area contributed by atoms with Crippen molar-refractivity contribution in [3.8, 4) is 17.6 Å². The fraction of sp³-hybridized carbons (Fsp3) is 0.500. The van der Waals surface area contributed by atoms with Gasteiger partial charge in [0.25, 0.3) is 5.91 Å². The zero-order valence-electron chi connectivity index (χ0n) is 14.6. The molecule has 1 saturated carbocycles. The molecular weight excluding hydrogens is 373 g/mol. The number of halogens is 1. The van der Waals surface area contributed by atoms with Gasteiger partial charge in [0.1, 0.15) is 18.0 Å². The second kappa shape index (κ2) is 6.69. The smallest absolute Gasteiger partial charge is 0.326 e. The normalized spacial score (nSPS) is 26.6. The Bertz CT molecular complexity index is 947. The molecule has 0 radical (unpaired) electrons. The van der Waals surface area contributed by atoms with E-state index in [2.05, 4.69) is 16.7 Å². The molecule has 0 aromatic heterocycles. The van der Waals surface area contributed by atoms with E-state index >= 15 is 0 Å². The highest BCUT2D eigenvalue weighted by molar-refractivity contribution is 7.92. The molecule has 2 saturated heterocycles. The summed E-state index contributed by atoms with van der Waals surface area (Å²) in [6.45, 7) is 2.69. The van der Waals surface area contributed by atoms with Crippen LogP contribution in [0.15, 0.2) is 12.1 Å². The van der Waals surface area contributed by atoms with Crippen LogP contribution in [-0.2, 0) is 15.0 Å². The minimum atomic E-state index is -4.21. The van der Waals surface area contributed by atoms with Crippen molar-refractivity contribution in [3.05, 3.63) is 23.5 Å². The molecule has 1 aromatic carbocycles. The lowest BCUT2D eigenvalue weighted by molar-refractivity contribution is -0.117. The largest absolute Gasteiger partial charge is 0.506 e. The van der Waals surface area contributed by atoms with Crippen molar-refractivity contribution < 1.29 is 22.7 Å². The third-order valence-electron chi connectivity index (χ3n) is 5.17. The fourth-order valence-corrected chi connectivity index (χ4v) is 4.79. The van der Waals surface area contributed by atoms with E-state index in [1.54, 1.807) is 4.72 Å². The summed E-state index contributed by atoms with van der Waals surface area (Å²) in [7, 11) is -4.21. The van der Waals surface area contributed by atoms with Gasteiger partial charge in [-0.1, -0.05) is 11.8 Å². The lowest BCUT2D eigenvalue weighted by Crippen LogP contribution is -2.30. The Morgan fingerprint density at radius 1 is 1.30 bits per heavy atom. The fourth-order valence-electron chi connectivity index (χ4n) is 3.63. The van der Waals surface area contributed by atoms with Gasteiger partial charge in [0, 0.05) is 12.5 Å². The predicted octanol–water partition coefficient (Wildman–Crippen LogP) is 0.796. The average molecular weight is 393 g/mol. The van der Waals surface area contributed by atoms with Crippen molar-refractivity contribution in [2.24, 2.45) is 11.8 Å². The highest BCUT2D eigenvalue weighted by atomic mass is 32.2. The van der Waals surface area contributed by atoms with Crippen molar-refractivity contribution in [2.75, 3.05) is 30.5 Å². The first-order valence-electron chi connectivity index (χ1n) is 8.94. The Kier molecular flexibility index (Phi) is 4.48. The molecule has 2 atom stereocenters. The molecule has 2 heterocycles. The third kappa shape index (κ3) is 3.59. The van der Waals surface area contributed by atoms with Crippen LogP contribution in [0.2, 0.25) is 0 Å². The number of carbonyl (C=O) groups is 1. The Labute approximate surface area is 157 Å². The number of likely N-dealkylation sites (tertiary alicyclic amines) is 1. The van der Waals surface area contributed by atoms with E-state index in [0.717, 1.165) is 26.1 Å². The Morgan fingerprint density at radius 2 is 2.04 bits per heavy atom. The summed E-state index contributed by atoms with van der Waals surface area (Å²) in [5.74, 6) is 4.25. The quantitative estimate of drug-likeness (QED) is 0.742. The van der Waals surface area contributed by atoms with Gasteiger partial charge in [-0.3, -0.25) is 4.79 Å². The zero-order chi connectivity index (χ0) is 19.2. The minimum absolute atomic E-state index is 0.00386. The van der Waals surface area contributed by atoms with Gasteiger partial charge in [-0.15, -0.1) is 0 Å². The van der Waals surface area contributed by atoms with E-state index in [1.807, 2.05) is 0 Å². The van der Waals surface area contributed by atoms with Gasteiger partial charge in [-0.2, -0.15) is 8.42 Å². The average Bonchev–Trinajstić information content (AvgIpc) is 2.98. The van der Waals surface area contributed by atoms with Gasteiger partial charge in [-0.05, 0) is 50.4 Å². The molecule has 27 heavy (non-hydrogen) atoms. The van der Waals surface area contributed by atoms with Crippen molar-refractivity contribution in [3.63, 3.8) is 0 Å². The van der Waals surface area contributed by atoms with Crippen LogP contribution in [0.5, 0.6) is 5.75 Å². The number of nitrogens with zero attached hydrogens (tertiary/aromatic N) is 2. The van der Waals surface area contributed by atoms with Gasteiger partial charge in [-0.25, -0.2) is 13.4 Å². The van der Waals surface area contributed by atoms with Gasteiger partial charge in [0.05, 0.1) is 5.56 Å². The van der Waals surface area contributed by atoms with E-state index in [-0.39, 0.29) is 11.5 Å². The molecule has 9 heteroatoms. The molecule has 144 valence electrons. The number of benzene rings is 1. The number of phenolic OH excluding ortho intramolecular Hbond substituents is 1. The summed E-state index contributed by atoms with van der Waals surface area (Å²) in [5, 5.41) is 9.95. The Morgan fingerprint density at radius 3 is 2.70 bits per heavy atom. The highest BCUT2D eigenvalue weighted by Crippen LogP contribution is 2.39. The molecule has 1 amide bonds. The third-order valence-corrected chi connectivity index (χ3v) is 6.55. The SMILES string of the molecule is O=C1CN(c2c(O)ccc(C#C[C@@H]3C[C@H]3CN3CCCC3)c2F)S(=O)(=O)N1. The van der Waals surface area contributed by atoms with Gasteiger partial charge in [0.2, 0.25) is 0 Å². The molecule has 0 unspecified atom stereocenters. The predicted molar refractivity (Wildman–Crippen MR) is 96.6 cm³/mol. The molecule has 3 fully saturated rings. The number of hydrogen-bond donors (Lipinski definition) is 2. The number of rotatable bonds is 3. The molecule has 0 bridgehead atoms. The summed E-state index contributed by atoms with van der Waals surface area (Å²) < 4.78 is 41.0. The van der Waals surface area contributed by atoms with Crippen LogP contribution in [0.25, 0.3) is 0 Å². The maximum Gasteiger partial charge on any atom is 0.326 e. The Hall–Kier alpha value is -2.31. The van der Waals surface area contributed by atoms with Crippen LogP contribution in [0.1, 0.15) is 24.8 Å². The molecule has 4 rings (SSSR count). The summed E-state index contributed by atoms with van der Waals surface area (Å²) in [4.78, 5) is 13.8. The van der Waals surface area contributed by atoms with Crippen molar-refractivity contribution >= 4 is 21.8 Å². The van der Waals surface area contributed by atoms with E-state index in [4.69, 9.17) is 0 Å². The second-order valence-electron chi connectivity index (χ2n) is 7.21. The molecule has 3 aliphatic rings. The summed E-state index contributed by atoms with van der Waals surface area (Å²) in [6.07, 6.45) is 3.46. The molecule has 0 spiro atoms. The van der Waals surface area contributed by atoms with E-state index in [9.17, 15) is 22.7 Å². The van der Waals surface area contributed by atoms with Crippen LogP contribution >= 0.6 is 0 Å². The second-order valence-corrected chi connectivity index (χ2v) is 8.81. The van der Waals surface area contributed by atoms with Gasteiger partial charge >= 0.3 is 10.2 Å². The molecule has 2 aliphatic heterocycles. The number of anilines is 1. The van der Waals surface area contributed by atoms with Gasteiger partial charge in [0.15, 0.2) is 5.82 Å². The maximum absolute atomic E-state index is 14.8. The first kappa shape index (κ1) is 18.1. The summed E-state index contributed by atoms with van der Waals surface area (Å²) >= 11 is 0. The lowest BCUT2D eigenvalue weighted by Gasteiger charge is -2.17. The summed E-state index contributed by atoms with van der Waals surface area (Å²) in [5.41, 5.74) is -0.547. The van der Waals surface area contributed by atoms with Crippen LogP contribution in [0, 0.1) is 29.5 Å². The standard InChI is InChI=1S/C18H20FN3O4S/c19-17-12(3-4-13-9-14(13)10-21-7-1-2-8-21)5-6-15(23)18(17)22-11-16(24)20-27(22,25)26/h5-6,13-14,23H,1-2,7-11H2,(H,20,24)/t13-,14+/m1/s1. The van der Waals surface area contributed by atoms with Crippen LogP contribution in [-0.4, -0.2) is 50.5 Å². The summed E-state index contributed by atoms with van der Waals surface area (Å²) in [6, 6.07) is 2.51. The van der Waals surface area contributed by atoms with Gasteiger partial charge < -0.3 is 10.0 Å². The van der Waals surface area contributed by atoms with E-state index in [0.29, 0.717) is 10.2 Å². The molecule has 1 aliphatic carbocycles. The number of carbonyl (C=O) groups excluding carboxylic acids is 1. The van der Waals surface area contributed by atoms with Crippen molar-refractivity contribution in [1.29, 1.82) is 0 Å². The van der Waals surface area contributed by atoms with Crippen LogP contribution in [0.3, 0.4) is 0 Å². The monoisotopic (exact) mass is 393 g/mol. The number of hydrogen-bond acceptors (Lipinski definition) is 5. The molecule has 7 nitrogen and oxygen atoms in total. The zero-order valence-corrected chi connectivity index (χ0v) is 15.4. The first-order valence-corrected chi connectivity index (χ1v) is 10.4. The molecular formula is C18H20FN3O4S. The number of amides is 1. The first-order chi connectivity index (χ1) is 12.8. The maximum atomic E-state index is 14.8. The number of phenols is 1. The highest BCUT2D eigenvalue weighted by Gasteiger charge is 2.39. The topological polar surface area (TPSA) is 90.0 Å². The Balaban J connectivity index is 1.53. The van der Waals surface area contributed by atoms with Crippen molar-refractivity contribution in [1.82, 2.24) is 9.62 Å².